The maximum absolute atomic E-state index is 9.53. The molecule has 0 aromatic heterocycles. The Labute approximate surface area is 101 Å². The molecule has 0 radical (unpaired) electrons. The molecule has 0 spiro atoms. The lowest BCUT2D eigenvalue weighted by atomic mass is 9.94. The fourth-order valence-corrected chi connectivity index (χ4v) is 2.21. The second-order valence-corrected chi connectivity index (χ2v) is 4.46. The molecule has 2 aromatic rings. The Kier molecular flexibility index (Phi) is 2.80. The summed E-state index contributed by atoms with van der Waals surface area (Å²) >= 11 is 0. The standard InChI is InChI=1S/C15H16O2/c1-9-6-12(4-5-14(9)17)15-10(2)7-13(16)8-11(15)3/h4-8,16-17H,1-3H3. The van der Waals surface area contributed by atoms with E-state index in [1.807, 2.05) is 32.9 Å². The molecule has 0 heterocycles. The molecule has 0 saturated heterocycles. The molecular weight excluding hydrogens is 212 g/mol. The summed E-state index contributed by atoms with van der Waals surface area (Å²) in [5.74, 6) is 0.599. The first-order valence-corrected chi connectivity index (χ1v) is 5.59. The van der Waals surface area contributed by atoms with Gasteiger partial charge in [0.15, 0.2) is 0 Å². The molecule has 0 fully saturated rings. The van der Waals surface area contributed by atoms with Crippen LogP contribution in [0.25, 0.3) is 11.1 Å². The Balaban J connectivity index is 2.64. The van der Waals surface area contributed by atoms with Crippen molar-refractivity contribution in [1.82, 2.24) is 0 Å². The van der Waals surface area contributed by atoms with Crippen LogP contribution in [0, 0.1) is 20.8 Å². The summed E-state index contributed by atoms with van der Waals surface area (Å²) in [6.45, 7) is 5.83. The highest BCUT2D eigenvalue weighted by molar-refractivity contribution is 5.73. The van der Waals surface area contributed by atoms with Crippen molar-refractivity contribution < 1.29 is 10.2 Å². The van der Waals surface area contributed by atoms with E-state index < -0.39 is 0 Å². The number of benzene rings is 2. The number of aryl methyl sites for hydroxylation is 3. The summed E-state index contributed by atoms with van der Waals surface area (Å²) in [5, 5.41) is 19.1. The zero-order chi connectivity index (χ0) is 12.6. The highest BCUT2D eigenvalue weighted by Crippen LogP contribution is 2.32. The third-order valence-corrected chi connectivity index (χ3v) is 3.00. The first kappa shape index (κ1) is 11.5. The van der Waals surface area contributed by atoms with Crippen LogP contribution >= 0.6 is 0 Å². The monoisotopic (exact) mass is 228 g/mol. The average Bonchev–Trinajstić information content (AvgIpc) is 2.21. The van der Waals surface area contributed by atoms with Gasteiger partial charge in [-0.15, -0.1) is 0 Å². The molecule has 0 aliphatic heterocycles. The van der Waals surface area contributed by atoms with E-state index in [-0.39, 0.29) is 0 Å². The van der Waals surface area contributed by atoms with Crippen molar-refractivity contribution in [3.8, 4) is 22.6 Å². The molecule has 0 saturated carbocycles. The topological polar surface area (TPSA) is 40.5 Å². The van der Waals surface area contributed by atoms with Gasteiger partial charge in [-0.3, -0.25) is 0 Å². The molecule has 0 aliphatic carbocycles. The first-order chi connectivity index (χ1) is 7.99. The summed E-state index contributed by atoms with van der Waals surface area (Å²) < 4.78 is 0. The van der Waals surface area contributed by atoms with Gasteiger partial charge in [-0.2, -0.15) is 0 Å². The minimum atomic E-state index is 0.291. The van der Waals surface area contributed by atoms with Crippen LogP contribution in [-0.2, 0) is 0 Å². The highest BCUT2D eigenvalue weighted by atomic mass is 16.3. The van der Waals surface area contributed by atoms with Crippen molar-refractivity contribution in [2.45, 2.75) is 20.8 Å². The third kappa shape index (κ3) is 2.11. The molecule has 2 rings (SSSR count). The van der Waals surface area contributed by atoms with Crippen molar-refractivity contribution in [2.24, 2.45) is 0 Å². The van der Waals surface area contributed by atoms with Crippen molar-refractivity contribution in [1.29, 1.82) is 0 Å². The molecular formula is C15H16O2. The van der Waals surface area contributed by atoms with Gasteiger partial charge in [0.25, 0.3) is 0 Å². The molecule has 2 heteroatoms. The van der Waals surface area contributed by atoms with Gasteiger partial charge < -0.3 is 10.2 Å². The third-order valence-electron chi connectivity index (χ3n) is 3.00. The summed E-state index contributed by atoms with van der Waals surface area (Å²) in [5.41, 5.74) is 5.11. The van der Waals surface area contributed by atoms with Crippen molar-refractivity contribution in [3.05, 3.63) is 47.0 Å². The maximum atomic E-state index is 9.53. The first-order valence-electron chi connectivity index (χ1n) is 5.59. The number of phenolic OH excluding ortho intramolecular Hbond substituents is 2. The molecule has 2 nitrogen and oxygen atoms in total. The van der Waals surface area contributed by atoms with Gasteiger partial charge >= 0.3 is 0 Å². The zero-order valence-corrected chi connectivity index (χ0v) is 10.3. The van der Waals surface area contributed by atoms with Crippen molar-refractivity contribution >= 4 is 0 Å². The van der Waals surface area contributed by atoms with E-state index >= 15 is 0 Å². The zero-order valence-electron chi connectivity index (χ0n) is 10.3. The Bertz CT molecular complexity index is 548. The van der Waals surface area contributed by atoms with Gasteiger partial charge in [-0.1, -0.05) is 6.07 Å². The molecule has 0 atom stereocenters. The van der Waals surface area contributed by atoms with Crippen LogP contribution in [0.1, 0.15) is 16.7 Å². The summed E-state index contributed by atoms with van der Waals surface area (Å²) in [6, 6.07) is 9.07. The molecule has 17 heavy (non-hydrogen) atoms. The van der Waals surface area contributed by atoms with Crippen LogP contribution in [0.2, 0.25) is 0 Å². The molecule has 2 N–H and O–H groups in total. The van der Waals surface area contributed by atoms with E-state index in [2.05, 4.69) is 0 Å². The fourth-order valence-electron chi connectivity index (χ4n) is 2.21. The van der Waals surface area contributed by atoms with E-state index in [4.69, 9.17) is 0 Å². The largest absolute Gasteiger partial charge is 0.508 e. The second-order valence-electron chi connectivity index (χ2n) is 4.46. The van der Waals surface area contributed by atoms with Crippen LogP contribution in [0.5, 0.6) is 11.5 Å². The quantitative estimate of drug-likeness (QED) is 0.781. The Morgan fingerprint density at radius 3 is 1.88 bits per heavy atom. The van der Waals surface area contributed by atoms with E-state index in [0.717, 1.165) is 27.8 Å². The second kappa shape index (κ2) is 4.13. The summed E-state index contributed by atoms with van der Waals surface area (Å²) in [7, 11) is 0. The molecule has 2 aromatic carbocycles. The Morgan fingerprint density at radius 2 is 1.35 bits per heavy atom. The highest BCUT2D eigenvalue weighted by Gasteiger charge is 2.08. The van der Waals surface area contributed by atoms with Crippen LogP contribution in [-0.4, -0.2) is 10.2 Å². The minimum absolute atomic E-state index is 0.291. The normalized spacial score (nSPS) is 10.5. The van der Waals surface area contributed by atoms with E-state index in [1.165, 1.54) is 0 Å². The van der Waals surface area contributed by atoms with Gasteiger partial charge in [0.05, 0.1) is 0 Å². The van der Waals surface area contributed by atoms with Gasteiger partial charge in [0.2, 0.25) is 0 Å². The SMILES string of the molecule is Cc1cc(-c2c(C)cc(O)cc2C)ccc1O. The number of phenols is 2. The van der Waals surface area contributed by atoms with Gasteiger partial charge in [0.1, 0.15) is 11.5 Å². The average molecular weight is 228 g/mol. The predicted molar refractivity (Wildman–Crippen MR) is 69.4 cm³/mol. The minimum Gasteiger partial charge on any atom is -0.508 e. The van der Waals surface area contributed by atoms with Crippen molar-refractivity contribution in [2.75, 3.05) is 0 Å². The maximum Gasteiger partial charge on any atom is 0.118 e. The van der Waals surface area contributed by atoms with Gasteiger partial charge in [-0.05, 0) is 72.9 Å². The van der Waals surface area contributed by atoms with Crippen molar-refractivity contribution in [3.63, 3.8) is 0 Å². The molecule has 0 bridgehead atoms. The summed E-state index contributed by atoms with van der Waals surface area (Å²) in [6.07, 6.45) is 0. The Hall–Kier alpha value is -1.96. The number of hydrogen-bond donors (Lipinski definition) is 2. The summed E-state index contributed by atoms with van der Waals surface area (Å²) in [4.78, 5) is 0. The number of hydrogen-bond acceptors (Lipinski definition) is 2. The molecule has 0 amide bonds. The number of rotatable bonds is 1. The molecule has 0 aliphatic rings. The van der Waals surface area contributed by atoms with E-state index in [1.54, 1.807) is 18.2 Å². The smallest absolute Gasteiger partial charge is 0.118 e. The van der Waals surface area contributed by atoms with E-state index in [0.29, 0.717) is 11.5 Å². The van der Waals surface area contributed by atoms with Crippen LogP contribution in [0.3, 0.4) is 0 Å². The molecule has 0 unspecified atom stereocenters. The van der Waals surface area contributed by atoms with E-state index in [9.17, 15) is 10.2 Å². The lowest BCUT2D eigenvalue weighted by molar-refractivity contribution is 0.471. The Morgan fingerprint density at radius 1 is 0.765 bits per heavy atom. The lowest BCUT2D eigenvalue weighted by Gasteiger charge is -2.12. The van der Waals surface area contributed by atoms with Gasteiger partial charge in [-0.25, -0.2) is 0 Å². The van der Waals surface area contributed by atoms with Crippen LogP contribution < -0.4 is 0 Å². The lowest BCUT2D eigenvalue weighted by Crippen LogP contribution is -1.89. The van der Waals surface area contributed by atoms with Crippen LogP contribution in [0.4, 0.5) is 0 Å². The fraction of sp³-hybridized carbons (Fsp3) is 0.200. The number of aromatic hydroxyl groups is 2. The molecule has 88 valence electrons. The van der Waals surface area contributed by atoms with Gasteiger partial charge in [0, 0.05) is 0 Å². The van der Waals surface area contributed by atoms with Crippen LogP contribution in [0.15, 0.2) is 30.3 Å². The predicted octanol–water partition coefficient (Wildman–Crippen LogP) is 3.69.